The molecule has 17 heavy (non-hydrogen) atoms. The molecule has 0 saturated carbocycles. The van der Waals surface area contributed by atoms with Gasteiger partial charge in [-0.25, -0.2) is 0 Å². The Balaban J connectivity index is 2.52. The Morgan fingerprint density at radius 3 is 2.94 bits per heavy atom. The second-order valence-corrected chi connectivity index (χ2v) is 4.57. The van der Waals surface area contributed by atoms with Gasteiger partial charge in [0.25, 0.3) is 0 Å². The van der Waals surface area contributed by atoms with E-state index in [1.165, 1.54) is 12.0 Å². The van der Waals surface area contributed by atoms with Gasteiger partial charge in [0.15, 0.2) is 0 Å². The number of unbranched alkanes of at least 4 members (excludes halogenated alkanes) is 1. The van der Waals surface area contributed by atoms with Crippen molar-refractivity contribution < 1.29 is 4.79 Å². The van der Waals surface area contributed by atoms with Crippen LogP contribution in [0.2, 0.25) is 0 Å². The topological polar surface area (TPSA) is 20.3 Å². The van der Waals surface area contributed by atoms with Gasteiger partial charge in [0.2, 0.25) is 0 Å². The minimum absolute atomic E-state index is 0.248. The zero-order valence-corrected chi connectivity index (χ0v) is 11.0. The molecule has 0 fully saturated rings. The molecule has 0 N–H and O–H groups in total. The van der Waals surface area contributed by atoms with Crippen LogP contribution in [-0.4, -0.2) is 30.3 Å². The number of hydrogen-bond acceptors (Lipinski definition) is 2. The molecule has 0 aliphatic heterocycles. The Labute approximate surface area is 105 Å². The maximum Gasteiger partial charge on any atom is 0.143 e. The quantitative estimate of drug-likeness (QED) is 0.673. The highest BCUT2D eigenvalue weighted by Crippen LogP contribution is 2.08. The molecule has 2 nitrogen and oxygen atoms in total. The summed E-state index contributed by atoms with van der Waals surface area (Å²) in [5, 5.41) is 0. The van der Waals surface area contributed by atoms with Gasteiger partial charge in [0, 0.05) is 6.54 Å². The maximum absolute atomic E-state index is 11.2. The van der Waals surface area contributed by atoms with Gasteiger partial charge in [0.1, 0.15) is 5.78 Å². The molecule has 0 radical (unpaired) electrons. The minimum Gasteiger partial charge on any atom is -0.299 e. The number of hydrogen-bond donors (Lipinski definition) is 0. The van der Waals surface area contributed by atoms with E-state index in [0.717, 1.165) is 25.9 Å². The van der Waals surface area contributed by atoms with E-state index in [0.29, 0.717) is 6.54 Å². The second-order valence-electron chi connectivity index (χ2n) is 4.57. The number of carbonyl (C=O) groups excluding carboxylic acids is 1. The molecule has 0 aromatic rings. The van der Waals surface area contributed by atoms with E-state index in [2.05, 4.69) is 42.2 Å². The molecule has 0 saturated heterocycles. The number of Topliss-reactive ketones (excluding diaryl/α,β-unsaturated/α-hetero) is 1. The lowest BCUT2D eigenvalue weighted by molar-refractivity contribution is -0.118. The zero-order valence-electron chi connectivity index (χ0n) is 11.0. The zero-order chi connectivity index (χ0) is 12.5. The number of allylic oxidation sites excluding steroid dienone is 4. The van der Waals surface area contributed by atoms with E-state index in [1.807, 2.05) is 0 Å². The second kappa shape index (κ2) is 8.02. The summed E-state index contributed by atoms with van der Waals surface area (Å²) in [5.41, 5.74) is 1.31. The first-order valence-electron chi connectivity index (χ1n) is 6.46. The molecule has 1 rings (SSSR count). The molecular formula is C15H23NO. The van der Waals surface area contributed by atoms with Crippen LogP contribution in [0.3, 0.4) is 0 Å². The summed E-state index contributed by atoms with van der Waals surface area (Å²) < 4.78 is 0. The van der Waals surface area contributed by atoms with E-state index in [-0.39, 0.29) is 5.78 Å². The van der Waals surface area contributed by atoms with Crippen LogP contribution in [0.5, 0.6) is 0 Å². The smallest absolute Gasteiger partial charge is 0.143 e. The van der Waals surface area contributed by atoms with Crippen LogP contribution in [0.15, 0.2) is 36.0 Å². The van der Waals surface area contributed by atoms with Crippen LogP contribution in [0.1, 0.15) is 33.1 Å². The highest BCUT2D eigenvalue weighted by molar-refractivity contribution is 5.77. The highest BCUT2D eigenvalue weighted by Gasteiger charge is 2.08. The van der Waals surface area contributed by atoms with E-state index in [4.69, 9.17) is 0 Å². The van der Waals surface area contributed by atoms with Gasteiger partial charge < -0.3 is 0 Å². The van der Waals surface area contributed by atoms with Crippen molar-refractivity contribution in [2.24, 2.45) is 0 Å². The maximum atomic E-state index is 11.2. The summed E-state index contributed by atoms with van der Waals surface area (Å²) in [6.45, 7) is 6.31. The van der Waals surface area contributed by atoms with Gasteiger partial charge in [-0.2, -0.15) is 0 Å². The molecule has 0 unspecified atom stereocenters. The van der Waals surface area contributed by atoms with Crippen molar-refractivity contribution in [2.75, 3.05) is 19.6 Å². The van der Waals surface area contributed by atoms with Gasteiger partial charge in [-0.1, -0.05) is 43.7 Å². The lowest BCUT2D eigenvalue weighted by atomic mass is 10.2. The summed E-state index contributed by atoms with van der Waals surface area (Å²) in [4.78, 5) is 13.5. The fourth-order valence-corrected chi connectivity index (χ4v) is 1.91. The lowest BCUT2D eigenvalue weighted by Crippen LogP contribution is -2.31. The third-order valence-corrected chi connectivity index (χ3v) is 2.75. The van der Waals surface area contributed by atoms with Gasteiger partial charge >= 0.3 is 0 Å². The molecule has 0 spiro atoms. The molecule has 0 heterocycles. The standard InChI is InChI=1S/C15H23NO/c1-3-4-11-16(12-14(2)17)13-15-9-7-5-6-8-10-15/h5-7,9-10H,3-4,8,11-13H2,1-2H3. The van der Waals surface area contributed by atoms with Crippen molar-refractivity contribution in [3.05, 3.63) is 36.0 Å². The summed E-state index contributed by atoms with van der Waals surface area (Å²) in [5.74, 6) is 0.248. The Morgan fingerprint density at radius 2 is 2.24 bits per heavy atom. The molecule has 0 atom stereocenters. The van der Waals surface area contributed by atoms with Gasteiger partial charge in [-0.3, -0.25) is 9.69 Å². The van der Waals surface area contributed by atoms with Crippen LogP contribution in [0, 0.1) is 0 Å². The molecule has 0 amide bonds. The average molecular weight is 233 g/mol. The Kier molecular flexibility index (Phi) is 6.56. The first-order chi connectivity index (χ1) is 8.22. The molecule has 94 valence electrons. The molecule has 0 aromatic heterocycles. The number of carbonyl (C=O) groups is 1. The summed E-state index contributed by atoms with van der Waals surface area (Å²) >= 11 is 0. The number of rotatable bonds is 7. The lowest BCUT2D eigenvalue weighted by Gasteiger charge is -2.21. The van der Waals surface area contributed by atoms with Crippen molar-refractivity contribution >= 4 is 5.78 Å². The van der Waals surface area contributed by atoms with E-state index in [9.17, 15) is 4.79 Å². The van der Waals surface area contributed by atoms with Gasteiger partial charge in [-0.05, 0) is 31.9 Å². The van der Waals surface area contributed by atoms with Crippen molar-refractivity contribution in [2.45, 2.75) is 33.1 Å². The van der Waals surface area contributed by atoms with Crippen LogP contribution in [0.4, 0.5) is 0 Å². The van der Waals surface area contributed by atoms with Crippen molar-refractivity contribution in [3.8, 4) is 0 Å². The fraction of sp³-hybridized carbons (Fsp3) is 0.533. The SMILES string of the molecule is CCCCN(CC(C)=O)CC1=CCC=CC=C1. The largest absolute Gasteiger partial charge is 0.299 e. The van der Waals surface area contributed by atoms with Crippen LogP contribution >= 0.6 is 0 Å². The Bertz CT molecular complexity index is 326. The number of ketones is 1. The third kappa shape index (κ3) is 6.22. The van der Waals surface area contributed by atoms with Gasteiger partial charge in [-0.15, -0.1) is 0 Å². The normalized spacial score (nSPS) is 14.9. The summed E-state index contributed by atoms with van der Waals surface area (Å²) in [6.07, 6.45) is 14.0. The Morgan fingerprint density at radius 1 is 1.41 bits per heavy atom. The van der Waals surface area contributed by atoms with Crippen molar-refractivity contribution in [1.29, 1.82) is 0 Å². The van der Waals surface area contributed by atoms with E-state index in [1.54, 1.807) is 6.92 Å². The van der Waals surface area contributed by atoms with Crippen LogP contribution < -0.4 is 0 Å². The summed E-state index contributed by atoms with van der Waals surface area (Å²) in [7, 11) is 0. The summed E-state index contributed by atoms with van der Waals surface area (Å²) in [6, 6.07) is 0. The number of nitrogens with zero attached hydrogens (tertiary/aromatic N) is 1. The average Bonchev–Trinajstić information content (AvgIpc) is 2.53. The fourth-order valence-electron chi connectivity index (χ4n) is 1.91. The van der Waals surface area contributed by atoms with Crippen molar-refractivity contribution in [1.82, 2.24) is 4.90 Å². The molecule has 1 aliphatic carbocycles. The third-order valence-electron chi connectivity index (χ3n) is 2.75. The molecule has 1 aliphatic rings. The van der Waals surface area contributed by atoms with E-state index >= 15 is 0 Å². The van der Waals surface area contributed by atoms with E-state index < -0.39 is 0 Å². The molecule has 0 bridgehead atoms. The molecule has 0 aromatic carbocycles. The monoisotopic (exact) mass is 233 g/mol. The van der Waals surface area contributed by atoms with Crippen molar-refractivity contribution in [3.63, 3.8) is 0 Å². The molecular weight excluding hydrogens is 210 g/mol. The van der Waals surface area contributed by atoms with Gasteiger partial charge in [0.05, 0.1) is 6.54 Å². The molecule has 2 heteroatoms. The minimum atomic E-state index is 0.248. The predicted octanol–water partition coefficient (Wildman–Crippen LogP) is 3.12. The van der Waals surface area contributed by atoms with Crippen LogP contribution in [-0.2, 0) is 4.79 Å². The Hall–Kier alpha value is -1.15. The first kappa shape index (κ1) is 13.9. The predicted molar refractivity (Wildman–Crippen MR) is 73.0 cm³/mol. The first-order valence-corrected chi connectivity index (χ1v) is 6.46. The highest BCUT2D eigenvalue weighted by atomic mass is 16.1. The van der Waals surface area contributed by atoms with Crippen LogP contribution in [0.25, 0.3) is 0 Å².